The first-order valence-electron chi connectivity index (χ1n) is 7.31. The summed E-state index contributed by atoms with van der Waals surface area (Å²) in [5, 5.41) is 18.5. The molecule has 5 heteroatoms. The maximum Gasteiger partial charge on any atom is 0.303 e. The van der Waals surface area contributed by atoms with Crippen molar-refractivity contribution >= 4 is 5.97 Å². The number of hydrogen-bond acceptors (Lipinski definition) is 4. The molecule has 0 radical (unpaired) electrons. The van der Waals surface area contributed by atoms with Crippen molar-refractivity contribution in [2.24, 2.45) is 5.92 Å². The normalized spacial score (nSPS) is 21.7. The molecule has 1 saturated heterocycles. The van der Waals surface area contributed by atoms with Crippen molar-refractivity contribution in [1.29, 1.82) is 0 Å². The Morgan fingerprint density at radius 2 is 2.32 bits per heavy atom. The smallest absolute Gasteiger partial charge is 0.303 e. The van der Waals surface area contributed by atoms with Gasteiger partial charge >= 0.3 is 5.97 Å². The first kappa shape index (κ1) is 16.4. The topological polar surface area (TPSA) is 70.0 Å². The number of rotatable bonds is 10. The van der Waals surface area contributed by atoms with Crippen LogP contribution < -0.4 is 0 Å². The highest BCUT2D eigenvalue weighted by molar-refractivity contribution is 5.66. The zero-order chi connectivity index (χ0) is 14.1. The molecule has 1 aliphatic heterocycles. The Labute approximate surface area is 115 Å². The average molecular weight is 273 g/mol. The molecule has 0 amide bonds. The van der Waals surface area contributed by atoms with Crippen molar-refractivity contribution in [2.45, 2.75) is 45.1 Å². The Hall–Kier alpha value is -0.650. The summed E-state index contributed by atoms with van der Waals surface area (Å²) in [4.78, 5) is 12.7. The third-order valence-corrected chi connectivity index (χ3v) is 3.56. The van der Waals surface area contributed by atoms with E-state index in [-0.39, 0.29) is 6.42 Å². The number of nitrogens with zero attached hydrogens (tertiary/aromatic N) is 1. The quantitative estimate of drug-likeness (QED) is 0.588. The summed E-state index contributed by atoms with van der Waals surface area (Å²) < 4.78 is 5.40. The fourth-order valence-electron chi connectivity index (χ4n) is 2.46. The van der Waals surface area contributed by atoms with Crippen LogP contribution in [0.2, 0.25) is 0 Å². The predicted octanol–water partition coefficient (Wildman–Crippen LogP) is 1.35. The lowest BCUT2D eigenvalue weighted by molar-refractivity contribution is -0.137. The van der Waals surface area contributed by atoms with Crippen molar-refractivity contribution in [3.05, 3.63) is 0 Å². The van der Waals surface area contributed by atoms with E-state index in [9.17, 15) is 9.90 Å². The van der Waals surface area contributed by atoms with Crippen molar-refractivity contribution in [2.75, 3.05) is 32.8 Å². The van der Waals surface area contributed by atoms with Crippen LogP contribution in [-0.4, -0.2) is 60.0 Å². The van der Waals surface area contributed by atoms with Crippen LogP contribution in [0.15, 0.2) is 0 Å². The molecule has 19 heavy (non-hydrogen) atoms. The molecule has 2 N–H and O–H groups in total. The Kier molecular flexibility index (Phi) is 8.02. The summed E-state index contributed by atoms with van der Waals surface area (Å²) in [5.74, 6) is -0.257. The number of carbonyl (C=O) groups is 1. The predicted molar refractivity (Wildman–Crippen MR) is 73.2 cm³/mol. The summed E-state index contributed by atoms with van der Waals surface area (Å²) in [6.45, 7) is 5.72. The highest BCUT2D eigenvalue weighted by Crippen LogP contribution is 2.21. The van der Waals surface area contributed by atoms with E-state index in [0.29, 0.717) is 19.1 Å². The molecule has 0 bridgehead atoms. The van der Waals surface area contributed by atoms with Crippen LogP contribution in [0.4, 0.5) is 0 Å². The number of aliphatic hydroxyl groups is 1. The number of ether oxygens (including phenoxy) is 1. The lowest BCUT2D eigenvalue weighted by Crippen LogP contribution is -2.33. The van der Waals surface area contributed by atoms with Crippen molar-refractivity contribution in [3.63, 3.8) is 0 Å². The van der Waals surface area contributed by atoms with E-state index in [1.807, 2.05) is 0 Å². The summed E-state index contributed by atoms with van der Waals surface area (Å²) in [6, 6.07) is 0. The second kappa shape index (κ2) is 9.28. The molecule has 0 saturated carbocycles. The van der Waals surface area contributed by atoms with Crippen LogP contribution in [0.3, 0.4) is 0 Å². The summed E-state index contributed by atoms with van der Waals surface area (Å²) >= 11 is 0. The van der Waals surface area contributed by atoms with Gasteiger partial charge in [-0.25, -0.2) is 0 Å². The Morgan fingerprint density at radius 3 is 3.00 bits per heavy atom. The van der Waals surface area contributed by atoms with Crippen LogP contribution in [0.5, 0.6) is 0 Å². The van der Waals surface area contributed by atoms with Gasteiger partial charge in [0.2, 0.25) is 0 Å². The Balaban J connectivity index is 2.08. The van der Waals surface area contributed by atoms with E-state index >= 15 is 0 Å². The summed E-state index contributed by atoms with van der Waals surface area (Å²) in [7, 11) is 0. The fraction of sp³-hybridized carbons (Fsp3) is 0.929. The van der Waals surface area contributed by atoms with Crippen LogP contribution in [0, 0.1) is 5.92 Å². The maximum atomic E-state index is 10.5. The first-order valence-corrected chi connectivity index (χ1v) is 7.31. The van der Waals surface area contributed by atoms with E-state index in [1.54, 1.807) is 0 Å². The second-order valence-electron chi connectivity index (χ2n) is 5.43. The van der Waals surface area contributed by atoms with Gasteiger partial charge in [-0.2, -0.15) is 0 Å². The first-order chi connectivity index (χ1) is 9.11. The highest BCUT2D eigenvalue weighted by atomic mass is 16.5. The van der Waals surface area contributed by atoms with Gasteiger partial charge in [-0.3, -0.25) is 4.79 Å². The minimum Gasteiger partial charge on any atom is -0.481 e. The summed E-state index contributed by atoms with van der Waals surface area (Å²) in [6.07, 6.45) is 3.74. The molecule has 0 aromatic carbocycles. The zero-order valence-corrected chi connectivity index (χ0v) is 11.9. The molecule has 1 heterocycles. The average Bonchev–Trinajstić information content (AvgIpc) is 2.80. The number of likely N-dealkylation sites (tertiary alicyclic amines) is 1. The van der Waals surface area contributed by atoms with Gasteiger partial charge in [0.1, 0.15) is 0 Å². The van der Waals surface area contributed by atoms with E-state index < -0.39 is 12.1 Å². The molecule has 112 valence electrons. The van der Waals surface area contributed by atoms with Crippen LogP contribution >= 0.6 is 0 Å². The van der Waals surface area contributed by atoms with Crippen LogP contribution in [0.25, 0.3) is 0 Å². The van der Waals surface area contributed by atoms with Gasteiger partial charge in [-0.15, -0.1) is 0 Å². The molecule has 2 unspecified atom stereocenters. The summed E-state index contributed by atoms with van der Waals surface area (Å²) in [5.41, 5.74) is 0. The van der Waals surface area contributed by atoms with Gasteiger partial charge in [0.05, 0.1) is 12.7 Å². The standard InChI is InChI=1S/C14H27NO4/c1-2-3-8-19-11-13(16)10-15-7-6-12(9-15)4-5-14(17)18/h12-13,16H,2-11H2,1H3,(H,17,18). The Morgan fingerprint density at radius 1 is 1.53 bits per heavy atom. The molecule has 0 aromatic rings. The molecule has 1 rings (SSSR count). The highest BCUT2D eigenvalue weighted by Gasteiger charge is 2.24. The largest absolute Gasteiger partial charge is 0.481 e. The fourth-order valence-corrected chi connectivity index (χ4v) is 2.46. The number of β-amino-alcohol motifs (C(OH)–C–C–N with tert-alkyl or cyclic N) is 1. The third-order valence-electron chi connectivity index (χ3n) is 3.56. The van der Waals surface area contributed by atoms with Gasteiger partial charge in [-0.05, 0) is 31.7 Å². The number of carboxylic acids is 1. The van der Waals surface area contributed by atoms with Crippen LogP contribution in [0.1, 0.15) is 39.0 Å². The molecule has 2 atom stereocenters. The monoisotopic (exact) mass is 273 g/mol. The molecular weight excluding hydrogens is 246 g/mol. The third kappa shape index (κ3) is 7.50. The number of aliphatic carboxylic acids is 1. The number of carboxylic acid groups (broad SMARTS) is 1. The molecule has 0 aromatic heterocycles. The van der Waals surface area contributed by atoms with Gasteiger partial charge < -0.3 is 19.8 Å². The zero-order valence-electron chi connectivity index (χ0n) is 11.9. The van der Waals surface area contributed by atoms with E-state index in [4.69, 9.17) is 9.84 Å². The molecule has 5 nitrogen and oxygen atoms in total. The van der Waals surface area contributed by atoms with Gasteiger partial charge in [0, 0.05) is 26.1 Å². The lowest BCUT2D eigenvalue weighted by Gasteiger charge is -2.20. The van der Waals surface area contributed by atoms with Gasteiger partial charge in [0.25, 0.3) is 0 Å². The molecule has 0 spiro atoms. The molecule has 1 aliphatic rings. The maximum absolute atomic E-state index is 10.5. The van der Waals surface area contributed by atoms with Crippen molar-refractivity contribution in [1.82, 2.24) is 4.90 Å². The van der Waals surface area contributed by atoms with Crippen LogP contribution in [-0.2, 0) is 9.53 Å². The van der Waals surface area contributed by atoms with E-state index in [1.165, 1.54) is 0 Å². The van der Waals surface area contributed by atoms with E-state index in [2.05, 4.69) is 11.8 Å². The molecule has 1 fully saturated rings. The molecule has 0 aliphatic carbocycles. The number of unbranched alkanes of at least 4 members (excludes halogenated alkanes) is 1. The number of hydrogen-bond donors (Lipinski definition) is 2. The SMILES string of the molecule is CCCCOCC(O)CN1CCC(CCC(=O)O)C1. The minimum absolute atomic E-state index is 0.251. The van der Waals surface area contributed by atoms with E-state index in [0.717, 1.165) is 45.4 Å². The minimum atomic E-state index is -0.720. The second-order valence-corrected chi connectivity index (χ2v) is 5.43. The Bertz CT molecular complexity index is 260. The lowest BCUT2D eigenvalue weighted by atomic mass is 10.0. The van der Waals surface area contributed by atoms with Gasteiger partial charge in [0.15, 0.2) is 0 Å². The molecular formula is C14H27NO4. The van der Waals surface area contributed by atoms with Gasteiger partial charge in [-0.1, -0.05) is 13.3 Å². The number of aliphatic hydroxyl groups excluding tert-OH is 1. The van der Waals surface area contributed by atoms with Crippen molar-refractivity contribution in [3.8, 4) is 0 Å². The van der Waals surface area contributed by atoms with Crippen molar-refractivity contribution < 1.29 is 19.7 Å².